The molecule has 1 fully saturated rings. The maximum atomic E-state index is 12.8. The second-order valence-electron chi connectivity index (χ2n) is 10.4. The summed E-state index contributed by atoms with van der Waals surface area (Å²) in [6, 6.07) is 13.6. The van der Waals surface area contributed by atoms with E-state index in [0.29, 0.717) is 34.6 Å². The molecule has 7 heteroatoms. The van der Waals surface area contributed by atoms with Crippen LogP contribution in [0, 0.1) is 18.3 Å². The Bertz CT molecular complexity index is 1370. The third-order valence-electron chi connectivity index (χ3n) is 8.23. The van der Waals surface area contributed by atoms with E-state index in [-0.39, 0.29) is 11.7 Å². The summed E-state index contributed by atoms with van der Waals surface area (Å²) in [5, 5.41) is 9.48. The summed E-state index contributed by atoms with van der Waals surface area (Å²) in [4.78, 5) is 27.0. The molecule has 5 rings (SSSR count). The Morgan fingerprint density at radius 1 is 1.06 bits per heavy atom. The number of benzene rings is 1. The van der Waals surface area contributed by atoms with Crippen molar-refractivity contribution in [1.29, 1.82) is 5.26 Å². The van der Waals surface area contributed by atoms with Crippen LogP contribution in [0.15, 0.2) is 35.1 Å². The molecule has 3 atom stereocenters. The van der Waals surface area contributed by atoms with Crippen LogP contribution in [0.4, 0.5) is 5.82 Å². The Balaban J connectivity index is 1.56. The molecule has 0 bridgehead atoms. The lowest BCUT2D eigenvalue weighted by Gasteiger charge is -2.50. The van der Waals surface area contributed by atoms with E-state index in [0.717, 1.165) is 32.4 Å². The highest BCUT2D eigenvalue weighted by molar-refractivity contribution is 5.86. The van der Waals surface area contributed by atoms with E-state index in [9.17, 15) is 10.1 Å². The molecule has 0 spiro atoms. The molecule has 2 aliphatic rings. The van der Waals surface area contributed by atoms with Gasteiger partial charge in [0.1, 0.15) is 17.3 Å². The fraction of sp³-hybridized carbons (Fsp3) is 0.517. The zero-order valence-corrected chi connectivity index (χ0v) is 21.9. The van der Waals surface area contributed by atoms with E-state index in [1.165, 1.54) is 40.5 Å². The predicted octanol–water partition coefficient (Wildman–Crippen LogP) is 4.66. The van der Waals surface area contributed by atoms with Crippen molar-refractivity contribution in [2.45, 2.75) is 77.4 Å². The molecular formula is C29H36N6O. The van der Waals surface area contributed by atoms with E-state index < -0.39 is 0 Å². The largest absolute Gasteiger partial charge is 0.349 e. The quantitative estimate of drug-likeness (QED) is 0.502. The fourth-order valence-corrected chi connectivity index (χ4v) is 6.23. The monoisotopic (exact) mass is 484 g/mol. The SMILES string of the molecule is CC[C@H]1CN([C@@H]2CCCCc3cc(C)ccc32)[C@H](CC)CN1c1nc(=O)n(C)c2ccc(C#N)nc12. The zero-order chi connectivity index (χ0) is 25.4. The van der Waals surface area contributed by atoms with Gasteiger partial charge in [0.25, 0.3) is 0 Å². The molecule has 1 saturated heterocycles. The van der Waals surface area contributed by atoms with Crippen LogP contribution in [0.3, 0.4) is 0 Å². The first-order valence-electron chi connectivity index (χ1n) is 13.3. The Hall–Kier alpha value is -3.24. The van der Waals surface area contributed by atoms with E-state index >= 15 is 0 Å². The van der Waals surface area contributed by atoms with Gasteiger partial charge in [-0.3, -0.25) is 9.47 Å². The molecule has 0 unspecified atom stereocenters. The van der Waals surface area contributed by atoms with Crippen molar-refractivity contribution >= 4 is 16.9 Å². The highest BCUT2D eigenvalue weighted by atomic mass is 16.1. The molecule has 0 amide bonds. The Labute approximate surface area is 213 Å². The van der Waals surface area contributed by atoms with E-state index in [1.54, 1.807) is 13.1 Å². The number of anilines is 1. The van der Waals surface area contributed by atoms with Crippen LogP contribution >= 0.6 is 0 Å². The van der Waals surface area contributed by atoms with Gasteiger partial charge in [-0.15, -0.1) is 0 Å². The molecule has 1 aliphatic heterocycles. The lowest BCUT2D eigenvalue weighted by Crippen LogP contribution is -2.59. The number of aryl methyl sites for hydroxylation is 3. The van der Waals surface area contributed by atoms with Crippen molar-refractivity contribution in [3.63, 3.8) is 0 Å². The number of rotatable bonds is 4. The fourth-order valence-electron chi connectivity index (χ4n) is 6.23. The van der Waals surface area contributed by atoms with Crippen molar-refractivity contribution in [3.05, 3.63) is 63.2 Å². The van der Waals surface area contributed by atoms with E-state index in [4.69, 9.17) is 0 Å². The van der Waals surface area contributed by atoms with Crippen molar-refractivity contribution in [1.82, 2.24) is 19.4 Å². The predicted molar refractivity (Wildman–Crippen MR) is 143 cm³/mol. The molecule has 7 nitrogen and oxygen atoms in total. The second-order valence-corrected chi connectivity index (χ2v) is 10.4. The standard InChI is InChI=1S/C29H36N6O/c1-5-22-18-35(28-27-26(33(4)29(36)32-28)14-12-21(16-30)31-27)23(6-2)17-34(22)25-10-8-7-9-20-15-19(3)11-13-24(20)25/h11-15,22-23,25H,5-10,17-18H2,1-4H3/t22-,23+,25-/m1/s1. The maximum absolute atomic E-state index is 12.8. The van der Waals surface area contributed by atoms with Crippen molar-refractivity contribution in [2.24, 2.45) is 7.05 Å². The lowest BCUT2D eigenvalue weighted by atomic mass is 9.92. The van der Waals surface area contributed by atoms with Gasteiger partial charge in [0.2, 0.25) is 0 Å². The van der Waals surface area contributed by atoms with Crippen molar-refractivity contribution in [2.75, 3.05) is 18.0 Å². The Morgan fingerprint density at radius 2 is 1.86 bits per heavy atom. The summed E-state index contributed by atoms with van der Waals surface area (Å²) in [6.45, 7) is 8.37. The first-order chi connectivity index (χ1) is 17.4. The van der Waals surface area contributed by atoms with Gasteiger partial charge < -0.3 is 4.90 Å². The molecule has 1 aliphatic carbocycles. The normalized spacial score (nSPS) is 22.8. The van der Waals surface area contributed by atoms with E-state index in [1.807, 2.05) is 6.07 Å². The number of nitriles is 1. The van der Waals surface area contributed by atoms with Gasteiger partial charge in [-0.05, 0) is 62.3 Å². The summed E-state index contributed by atoms with van der Waals surface area (Å²) >= 11 is 0. The van der Waals surface area contributed by atoms with Crippen LogP contribution in [-0.2, 0) is 13.5 Å². The van der Waals surface area contributed by atoms with Crippen LogP contribution in [0.1, 0.15) is 74.4 Å². The number of pyridine rings is 1. The van der Waals surface area contributed by atoms with Crippen LogP contribution in [0.5, 0.6) is 0 Å². The molecule has 2 aromatic heterocycles. The van der Waals surface area contributed by atoms with Gasteiger partial charge in [0.15, 0.2) is 5.82 Å². The average Bonchev–Trinajstić information content (AvgIpc) is 3.11. The van der Waals surface area contributed by atoms with Gasteiger partial charge in [-0.2, -0.15) is 10.2 Å². The van der Waals surface area contributed by atoms with Gasteiger partial charge in [-0.1, -0.05) is 44.0 Å². The maximum Gasteiger partial charge on any atom is 0.349 e. The second kappa shape index (κ2) is 10.0. The molecule has 3 aromatic rings. The van der Waals surface area contributed by atoms with Crippen LogP contribution < -0.4 is 10.6 Å². The average molecular weight is 485 g/mol. The molecular weight excluding hydrogens is 448 g/mol. The minimum Gasteiger partial charge on any atom is -0.349 e. The van der Waals surface area contributed by atoms with Crippen LogP contribution in [-0.4, -0.2) is 44.6 Å². The number of hydrogen-bond donors (Lipinski definition) is 0. The molecule has 36 heavy (non-hydrogen) atoms. The van der Waals surface area contributed by atoms with Crippen molar-refractivity contribution < 1.29 is 0 Å². The first kappa shape index (κ1) is 24.5. The zero-order valence-electron chi connectivity index (χ0n) is 21.9. The number of piperazine rings is 1. The minimum absolute atomic E-state index is 0.209. The number of hydrogen-bond acceptors (Lipinski definition) is 6. The lowest BCUT2D eigenvalue weighted by molar-refractivity contribution is 0.0867. The third kappa shape index (κ3) is 4.28. The van der Waals surface area contributed by atoms with Crippen LogP contribution in [0.25, 0.3) is 11.0 Å². The van der Waals surface area contributed by atoms with Gasteiger partial charge in [0, 0.05) is 38.3 Å². The van der Waals surface area contributed by atoms with E-state index in [2.05, 4.69) is 64.8 Å². The number of fused-ring (bicyclic) bond motifs is 2. The Morgan fingerprint density at radius 3 is 2.61 bits per heavy atom. The molecule has 3 heterocycles. The minimum atomic E-state index is -0.289. The van der Waals surface area contributed by atoms with Crippen molar-refractivity contribution in [3.8, 4) is 6.07 Å². The molecule has 188 valence electrons. The first-order valence-corrected chi connectivity index (χ1v) is 13.3. The summed E-state index contributed by atoms with van der Waals surface area (Å²) in [5.74, 6) is 0.618. The smallest absolute Gasteiger partial charge is 0.349 e. The summed E-state index contributed by atoms with van der Waals surface area (Å²) in [6.07, 6.45) is 6.80. The number of aromatic nitrogens is 3. The van der Waals surface area contributed by atoms with Gasteiger partial charge in [0.05, 0.1) is 5.52 Å². The highest BCUT2D eigenvalue weighted by Gasteiger charge is 2.38. The number of nitrogens with zero attached hydrogens (tertiary/aromatic N) is 6. The molecule has 1 aromatic carbocycles. The molecule has 0 saturated carbocycles. The van der Waals surface area contributed by atoms with Crippen LogP contribution in [0.2, 0.25) is 0 Å². The summed E-state index contributed by atoms with van der Waals surface area (Å²) < 4.78 is 1.52. The molecule has 0 radical (unpaired) electrons. The summed E-state index contributed by atoms with van der Waals surface area (Å²) in [7, 11) is 1.71. The molecule has 0 N–H and O–H groups in total. The van der Waals surface area contributed by atoms with Gasteiger partial charge in [-0.25, -0.2) is 9.78 Å². The summed E-state index contributed by atoms with van der Waals surface area (Å²) in [5.41, 5.74) is 5.74. The third-order valence-corrected chi connectivity index (χ3v) is 8.23. The Kier molecular flexibility index (Phi) is 6.81. The van der Waals surface area contributed by atoms with Gasteiger partial charge >= 0.3 is 5.69 Å². The topological polar surface area (TPSA) is 78.0 Å². The highest BCUT2D eigenvalue weighted by Crippen LogP contribution is 2.39.